The highest BCUT2D eigenvalue weighted by Gasteiger charge is 2.19. The Morgan fingerprint density at radius 3 is 2.57 bits per heavy atom. The summed E-state index contributed by atoms with van der Waals surface area (Å²) in [4.78, 5) is 32.9. The third kappa shape index (κ3) is 5.24. The van der Waals surface area contributed by atoms with E-state index in [-0.39, 0.29) is 11.6 Å². The van der Waals surface area contributed by atoms with Crippen molar-refractivity contribution in [1.82, 2.24) is 9.88 Å². The fraction of sp³-hybridized carbons (Fsp3) is 0.238. The van der Waals surface area contributed by atoms with Gasteiger partial charge in [0, 0.05) is 36.2 Å². The van der Waals surface area contributed by atoms with Crippen molar-refractivity contribution in [2.24, 2.45) is 0 Å². The molecule has 3 rings (SSSR count). The van der Waals surface area contributed by atoms with Crippen LogP contribution in [0.1, 0.15) is 5.56 Å². The molecule has 0 spiro atoms. The first-order valence-corrected chi connectivity index (χ1v) is 11.3. The molecule has 0 saturated heterocycles. The van der Waals surface area contributed by atoms with Crippen molar-refractivity contribution in [3.8, 4) is 0 Å². The number of non-ortho nitro benzene ring substituents is 1. The minimum absolute atomic E-state index is 0.0187. The molecular formula is C21H22N4O3S2. The van der Waals surface area contributed by atoms with Gasteiger partial charge >= 0.3 is 0 Å². The molecule has 0 unspecified atom stereocenters. The Morgan fingerprint density at radius 1 is 1.20 bits per heavy atom. The van der Waals surface area contributed by atoms with E-state index in [1.165, 1.54) is 29.5 Å². The first-order chi connectivity index (χ1) is 14.4. The number of rotatable bonds is 8. The molecule has 9 heteroatoms. The van der Waals surface area contributed by atoms with Gasteiger partial charge in [-0.15, -0.1) is 11.8 Å². The lowest BCUT2D eigenvalue weighted by atomic mass is 10.2. The number of anilines is 1. The van der Waals surface area contributed by atoms with Crippen LogP contribution >= 0.6 is 23.1 Å². The number of likely N-dealkylation sites (N-methyl/N-ethyl adjacent to an activating group) is 1. The number of thiazole rings is 1. The number of fused-ring (bicyclic) bond motifs is 1. The summed E-state index contributed by atoms with van der Waals surface area (Å²) >= 11 is 3.13. The molecule has 0 saturated carbocycles. The van der Waals surface area contributed by atoms with E-state index in [0.717, 1.165) is 20.7 Å². The van der Waals surface area contributed by atoms with Gasteiger partial charge in [0.1, 0.15) is 0 Å². The maximum atomic E-state index is 13.0. The predicted molar refractivity (Wildman–Crippen MR) is 124 cm³/mol. The number of hydrogen-bond acceptors (Lipinski definition) is 7. The monoisotopic (exact) mass is 442 g/mol. The first-order valence-electron chi connectivity index (χ1n) is 9.21. The van der Waals surface area contributed by atoms with Gasteiger partial charge in [-0.05, 0) is 56.3 Å². The molecule has 2 aromatic carbocycles. The Balaban J connectivity index is 1.87. The largest absolute Gasteiger partial charge is 0.308 e. The number of carbonyl (C=O) groups is 1. The van der Waals surface area contributed by atoms with Gasteiger partial charge in [-0.2, -0.15) is 0 Å². The lowest BCUT2D eigenvalue weighted by Gasteiger charge is -2.20. The number of benzene rings is 2. The number of amides is 1. The van der Waals surface area contributed by atoms with Gasteiger partial charge in [-0.3, -0.25) is 19.8 Å². The van der Waals surface area contributed by atoms with E-state index < -0.39 is 4.92 Å². The van der Waals surface area contributed by atoms with E-state index in [9.17, 15) is 14.9 Å². The van der Waals surface area contributed by atoms with E-state index in [0.29, 0.717) is 18.2 Å². The van der Waals surface area contributed by atoms with Gasteiger partial charge in [0.05, 0.1) is 15.1 Å². The fourth-order valence-corrected chi connectivity index (χ4v) is 4.41. The quantitative estimate of drug-likeness (QED) is 0.221. The summed E-state index contributed by atoms with van der Waals surface area (Å²) in [5, 5.41) is 11.4. The topological polar surface area (TPSA) is 79.6 Å². The molecule has 0 aliphatic carbocycles. The molecule has 0 N–H and O–H groups in total. The van der Waals surface area contributed by atoms with Gasteiger partial charge in [0.25, 0.3) is 11.6 Å². The molecule has 0 aliphatic heterocycles. The van der Waals surface area contributed by atoms with Crippen LogP contribution in [-0.2, 0) is 4.79 Å². The van der Waals surface area contributed by atoms with Crippen LogP contribution in [0.15, 0.2) is 53.4 Å². The Bertz CT molecular complexity index is 1080. The molecule has 7 nitrogen and oxygen atoms in total. The standard InChI is InChI=1S/C21H22N4O3S2/c1-23(2)13-14-24(21-22-20-17(29-3)5-4-6-18(20)30-21)19(26)12-9-15-7-10-16(11-8-15)25(27)28/h4-12H,13-14H2,1-3H3/b12-9+. The number of nitro benzene ring substituents is 1. The molecule has 1 heterocycles. The van der Waals surface area contributed by atoms with Gasteiger partial charge < -0.3 is 4.90 Å². The highest BCUT2D eigenvalue weighted by Crippen LogP contribution is 2.34. The second-order valence-corrected chi connectivity index (χ2v) is 8.64. The maximum Gasteiger partial charge on any atom is 0.269 e. The summed E-state index contributed by atoms with van der Waals surface area (Å²) in [6.07, 6.45) is 5.16. The van der Waals surface area contributed by atoms with E-state index in [4.69, 9.17) is 4.98 Å². The number of carbonyl (C=O) groups excluding carboxylic acids is 1. The third-order valence-corrected chi connectivity index (χ3v) is 6.19. The highest BCUT2D eigenvalue weighted by atomic mass is 32.2. The van der Waals surface area contributed by atoms with Crippen molar-refractivity contribution < 1.29 is 9.72 Å². The van der Waals surface area contributed by atoms with Crippen LogP contribution in [0, 0.1) is 10.1 Å². The number of para-hydroxylation sites is 1. The molecule has 1 aromatic heterocycles. The fourth-order valence-electron chi connectivity index (χ4n) is 2.76. The number of thioether (sulfide) groups is 1. The third-order valence-electron chi connectivity index (χ3n) is 4.38. The Labute approximate surface area is 183 Å². The van der Waals surface area contributed by atoms with Gasteiger partial charge in [0.2, 0.25) is 0 Å². The molecule has 156 valence electrons. The minimum atomic E-state index is -0.447. The Kier molecular flexibility index (Phi) is 7.20. The molecule has 1 amide bonds. The van der Waals surface area contributed by atoms with Crippen molar-refractivity contribution in [2.75, 3.05) is 38.3 Å². The van der Waals surface area contributed by atoms with Gasteiger partial charge in [0.15, 0.2) is 5.13 Å². The zero-order chi connectivity index (χ0) is 21.7. The molecular weight excluding hydrogens is 420 g/mol. The molecule has 0 fully saturated rings. The van der Waals surface area contributed by atoms with E-state index >= 15 is 0 Å². The summed E-state index contributed by atoms with van der Waals surface area (Å²) in [6.45, 7) is 1.20. The van der Waals surface area contributed by atoms with Crippen LogP contribution in [-0.4, -0.2) is 54.2 Å². The molecule has 0 radical (unpaired) electrons. The number of nitro groups is 1. The second-order valence-electron chi connectivity index (χ2n) is 6.78. The van der Waals surface area contributed by atoms with Crippen LogP contribution in [0.2, 0.25) is 0 Å². The number of hydrogen-bond donors (Lipinski definition) is 0. The molecule has 0 bridgehead atoms. The van der Waals surface area contributed by atoms with Crippen molar-refractivity contribution in [3.05, 3.63) is 64.2 Å². The van der Waals surface area contributed by atoms with Crippen LogP contribution in [0.3, 0.4) is 0 Å². The average Bonchev–Trinajstić information content (AvgIpc) is 3.16. The highest BCUT2D eigenvalue weighted by molar-refractivity contribution is 7.98. The second kappa shape index (κ2) is 9.84. The lowest BCUT2D eigenvalue weighted by Crippen LogP contribution is -2.35. The van der Waals surface area contributed by atoms with Crippen LogP contribution in [0.25, 0.3) is 16.3 Å². The summed E-state index contributed by atoms with van der Waals surface area (Å²) in [7, 11) is 3.92. The minimum Gasteiger partial charge on any atom is -0.308 e. The smallest absolute Gasteiger partial charge is 0.269 e. The molecule has 3 aromatic rings. The molecule has 0 atom stereocenters. The van der Waals surface area contributed by atoms with Gasteiger partial charge in [-0.1, -0.05) is 17.4 Å². The van der Waals surface area contributed by atoms with E-state index in [2.05, 4.69) is 0 Å². The summed E-state index contributed by atoms with van der Waals surface area (Å²) in [5.41, 5.74) is 1.65. The zero-order valence-corrected chi connectivity index (χ0v) is 18.6. The van der Waals surface area contributed by atoms with Crippen molar-refractivity contribution in [2.45, 2.75) is 4.90 Å². The average molecular weight is 443 g/mol. The van der Waals surface area contributed by atoms with Crippen LogP contribution in [0.5, 0.6) is 0 Å². The van der Waals surface area contributed by atoms with Crippen LogP contribution in [0.4, 0.5) is 10.8 Å². The number of nitrogens with zero attached hydrogens (tertiary/aromatic N) is 4. The van der Waals surface area contributed by atoms with Gasteiger partial charge in [-0.25, -0.2) is 4.98 Å². The van der Waals surface area contributed by atoms with Crippen molar-refractivity contribution in [3.63, 3.8) is 0 Å². The number of aromatic nitrogens is 1. The summed E-state index contributed by atoms with van der Waals surface area (Å²) in [5.74, 6) is -0.181. The normalized spacial score (nSPS) is 11.5. The SMILES string of the molecule is CSc1cccc2sc(N(CCN(C)C)C(=O)/C=C/c3ccc([N+](=O)[O-])cc3)nc12. The van der Waals surface area contributed by atoms with E-state index in [1.54, 1.807) is 34.9 Å². The van der Waals surface area contributed by atoms with Crippen molar-refractivity contribution >= 4 is 56.1 Å². The molecule has 0 aliphatic rings. The predicted octanol–water partition coefficient (Wildman–Crippen LogP) is 4.53. The summed E-state index contributed by atoms with van der Waals surface area (Å²) in [6, 6.07) is 12.1. The molecule has 30 heavy (non-hydrogen) atoms. The Morgan fingerprint density at radius 2 is 1.93 bits per heavy atom. The van der Waals surface area contributed by atoms with E-state index in [1.807, 2.05) is 43.5 Å². The van der Waals surface area contributed by atoms with Crippen LogP contribution < -0.4 is 4.90 Å². The van der Waals surface area contributed by atoms with Crippen molar-refractivity contribution in [1.29, 1.82) is 0 Å². The Hall–Kier alpha value is -2.75. The first kappa shape index (κ1) is 21.9. The zero-order valence-electron chi connectivity index (χ0n) is 16.9. The summed E-state index contributed by atoms with van der Waals surface area (Å²) < 4.78 is 1.04. The lowest BCUT2D eigenvalue weighted by molar-refractivity contribution is -0.384. The maximum absolute atomic E-state index is 13.0.